The van der Waals surface area contributed by atoms with Crippen LogP contribution in [0.3, 0.4) is 0 Å². The van der Waals surface area contributed by atoms with Crippen molar-refractivity contribution < 1.29 is 4.74 Å². The van der Waals surface area contributed by atoms with Gasteiger partial charge in [-0.05, 0) is 36.8 Å². The number of hydrogen-bond acceptors (Lipinski definition) is 3. The lowest BCUT2D eigenvalue weighted by Crippen LogP contribution is -2.46. The van der Waals surface area contributed by atoms with Crippen LogP contribution < -0.4 is 15.4 Å². The Morgan fingerprint density at radius 2 is 2.05 bits per heavy atom. The van der Waals surface area contributed by atoms with Gasteiger partial charge in [-0.25, -0.2) is 0 Å². The largest absolute Gasteiger partial charge is 0.497 e. The summed E-state index contributed by atoms with van der Waals surface area (Å²) in [6.07, 6.45) is 1.31. The van der Waals surface area contributed by atoms with Gasteiger partial charge in [-0.15, -0.1) is 0 Å². The maximum atomic E-state index is 5.90. The van der Waals surface area contributed by atoms with E-state index >= 15 is 0 Å². The molecule has 3 nitrogen and oxygen atoms in total. The number of rotatable bonds is 3. The molecule has 19 heavy (non-hydrogen) atoms. The molecule has 3 heteroatoms. The number of nitrogens with zero attached hydrogens (tertiary/aromatic N) is 1. The number of nitrogens with two attached hydrogens (primary N) is 1. The van der Waals surface area contributed by atoms with Gasteiger partial charge >= 0.3 is 0 Å². The molecule has 1 fully saturated rings. The van der Waals surface area contributed by atoms with Crippen LogP contribution >= 0.6 is 0 Å². The van der Waals surface area contributed by atoms with Crippen LogP contribution in [0.2, 0.25) is 0 Å². The molecule has 2 rings (SSSR count). The normalized spacial score (nSPS) is 27.4. The van der Waals surface area contributed by atoms with Gasteiger partial charge in [0.25, 0.3) is 0 Å². The van der Waals surface area contributed by atoms with Gasteiger partial charge in [-0.1, -0.05) is 19.9 Å². The van der Waals surface area contributed by atoms with E-state index in [1.165, 1.54) is 17.7 Å². The molecule has 1 aromatic rings. The molecule has 1 aliphatic rings. The fourth-order valence-electron chi connectivity index (χ4n) is 3.14. The SMILES string of the molecule is COc1ccc(CN)c(N2CC(C)CC(C)C2C)c1. The van der Waals surface area contributed by atoms with Crippen LogP contribution in [0.15, 0.2) is 18.2 Å². The number of hydrogen-bond donors (Lipinski definition) is 1. The summed E-state index contributed by atoms with van der Waals surface area (Å²) in [5.74, 6) is 2.34. The zero-order chi connectivity index (χ0) is 14.0. The van der Waals surface area contributed by atoms with Crippen molar-refractivity contribution in [3.05, 3.63) is 23.8 Å². The van der Waals surface area contributed by atoms with Gasteiger partial charge in [0.2, 0.25) is 0 Å². The van der Waals surface area contributed by atoms with Gasteiger partial charge in [0, 0.05) is 30.9 Å². The van der Waals surface area contributed by atoms with Gasteiger partial charge in [0.1, 0.15) is 5.75 Å². The average Bonchev–Trinajstić information content (AvgIpc) is 2.42. The van der Waals surface area contributed by atoms with Gasteiger partial charge in [-0.3, -0.25) is 0 Å². The fraction of sp³-hybridized carbons (Fsp3) is 0.625. The standard InChI is InChI=1S/C16H26N2O/c1-11-7-12(2)13(3)18(10-11)16-8-15(19-4)6-5-14(16)9-17/h5-6,8,11-13H,7,9-10,17H2,1-4H3. The van der Waals surface area contributed by atoms with E-state index in [9.17, 15) is 0 Å². The number of ether oxygens (including phenoxy) is 1. The van der Waals surface area contributed by atoms with Gasteiger partial charge < -0.3 is 15.4 Å². The molecule has 0 aromatic heterocycles. The third-order valence-electron chi connectivity index (χ3n) is 4.42. The molecule has 0 bridgehead atoms. The second kappa shape index (κ2) is 5.83. The lowest BCUT2D eigenvalue weighted by atomic mass is 9.85. The molecule has 1 heterocycles. The Balaban J connectivity index is 2.37. The summed E-state index contributed by atoms with van der Waals surface area (Å²) >= 11 is 0. The van der Waals surface area contributed by atoms with E-state index in [0.717, 1.165) is 18.2 Å². The van der Waals surface area contributed by atoms with Crippen molar-refractivity contribution in [1.29, 1.82) is 0 Å². The van der Waals surface area contributed by atoms with Crippen LogP contribution in [0, 0.1) is 11.8 Å². The summed E-state index contributed by atoms with van der Waals surface area (Å²) in [5.41, 5.74) is 8.34. The number of methoxy groups -OCH3 is 1. The zero-order valence-corrected chi connectivity index (χ0v) is 12.5. The summed E-state index contributed by atoms with van der Waals surface area (Å²) in [5, 5.41) is 0. The van der Waals surface area contributed by atoms with E-state index in [2.05, 4.69) is 37.8 Å². The Morgan fingerprint density at radius 1 is 1.32 bits per heavy atom. The highest BCUT2D eigenvalue weighted by molar-refractivity contribution is 5.58. The summed E-state index contributed by atoms with van der Waals surface area (Å²) in [6.45, 7) is 8.67. The smallest absolute Gasteiger partial charge is 0.120 e. The summed E-state index contributed by atoms with van der Waals surface area (Å²) in [7, 11) is 1.71. The predicted octanol–water partition coefficient (Wildman–Crippen LogP) is 3.02. The molecule has 1 aromatic carbocycles. The monoisotopic (exact) mass is 262 g/mol. The van der Waals surface area contributed by atoms with Crippen LogP contribution in [0.25, 0.3) is 0 Å². The van der Waals surface area contributed by atoms with E-state index in [4.69, 9.17) is 10.5 Å². The van der Waals surface area contributed by atoms with Crippen molar-refractivity contribution in [1.82, 2.24) is 0 Å². The topological polar surface area (TPSA) is 38.5 Å². The minimum Gasteiger partial charge on any atom is -0.497 e. The molecular formula is C16H26N2O. The molecule has 0 aliphatic carbocycles. The van der Waals surface area contributed by atoms with Crippen molar-refractivity contribution >= 4 is 5.69 Å². The minimum absolute atomic E-state index is 0.550. The van der Waals surface area contributed by atoms with Crippen LogP contribution in [0.4, 0.5) is 5.69 Å². The van der Waals surface area contributed by atoms with Crippen molar-refractivity contribution in [2.75, 3.05) is 18.6 Å². The predicted molar refractivity (Wildman–Crippen MR) is 80.6 cm³/mol. The summed E-state index contributed by atoms with van der Waals surface area (Å²) in [4.78, 5) is 2.50. The Bertz CT molecular complexity index is 433. The van der Waals surface area contributed by atoms with E-state index in [1.54, 1.807) is 7.11 Å². The van der Waals surface area contributed by atoms with E-state index in [1.807, 2.05) is 6.07 Å². The maximum Gasteiger partial charge on any atom is 0.120 e. The minimum atomic E-state index is 0.550. The van der Waals surface area contributed by atoms with Gasteiger partial charge in [-0.2, -0.15) is 0 Å². The number of benzene rings is 1. The highest BCUT2D eigenvalue weighted by atomic mass is 16.5. The lowest BCUT2D eigenvalue weighted by Gasteiger charge is -2.43. The first-order chi connectivity index (χ1) is 9.06. The Hall–Kier alpha value is -1.22. The number of anilines is 1. The van der Waals surface area contributed by atoms with Gasteiger partial charge in [0.05, 0.1) is 7.11 Å². The van der Waals surface area contributed by atoms with Crippen molar-refractivity contribution in [2.45, 2.75) is 39.8 Å². The quantitative estimate of drug-likeness (QED) is 0.910. The summed E-state index contributed by atoms with van der Waals surface area (Å²) < 4.78 is 5.37. The number of piperidine rings is 1. The molecule has 1 saturated heterocycles. The Labute approximate surface area is 116 Å². The van der Waals surface area contributed by atoms with Gasteiger partial charge in [0.15, 0.2) is 0 Å². The Morgan fingerprint density at radius 3 is 2.68 bits per heavy atom. The molecule has 0 saturated carbocycles. The van der Waals surface area contributed by atoms with E-state index in [0.29, 0.717) is 18.5 Å². The molecular weight excluding hydrogens is 236 g/mol. The average molecular weight is 262 g/mol. The third kappa shape index (κ3) is 2.86. The molecule has 1 aliphatic heterocycles. The first-order valence-electron chi connectivity index (χ1n) is 7.20. The van der Waals surface area contributed by atoms with E-state index < -0.39 is 0 Å². The van der Waals surface area contributed by atoms with Crippen molar-refractivity contribution in [3.63, 3.8) is 0 Å². The highest BCUT2D eigenvalue weighted by Crippen LogP contribution is 2.34. The van der Waals surface area contributed by atoms with Crippen LogP contribution in [-0.4, -0.2) is 19.7 Å². The molecule has 3 unspecified atom stereocenters. The van der Waals surface area contributed by atoms with E-state index in [-0.39, 0.29) is 0 Å². The fourth-order valence-corrected chi connectivity index (χ4v) is 3.14. The van der Waals surface area contributed by atoms with Crippen LogP contribution in [0.5, 0.6) is 5.75 Å². The molecule has 0 amide bonds. The second-order valence-corrected chi connectivity index (χ2v) is 5.91. The first kappa shape index (κ1) is 14.2. The Kier molecular flexibility index (Phi) is 4.35. The first-order valence-corrected chi connectivity index (χ1v) is 7.20. The molecule has 3 atom stereocenters. The molecule has 2 N–H and O–H groups in total. The lowest BCUT2D eigenvalue weighted by molar-refractivity contribution is 0.296. The highest BCUT2D eigenvalue weighted by Gasteiger charge is 2.30. The summed E-state index contributed by atoms with van der Waals surface area (Å²) in [6, 6.07) is 6.76. The van der Waals surface area contributed by atoms with Crippen LogP contribution in [0.1, 0.15) is 32.8 Å². The third-order valence-corrected chi connectivity index (χ3v) is 4.42. The van der Waals surface area contributed by atoms with Crippen LogP contribution in [-0.2, 0) is 6.54 Å². The second-order valence-electron chi connectivity index (χ2n) is 5.91. The molecule has 0 radical (unpaired) electrons. The zero-order valence-electron chi connectivity index (χ0n) is 12.5. The molecule has 106 valence electrons. The molecule has 0 spiro atoms. The van der Waals surface area contributed by atoms with Crippen molar-refractivity contribution in [2.24, 2.45) is 17.6 Å². The maximum absolute atomic E-state index is 5.90. The van der Waals surface area contributed by atoms with Crippen molar-refractivity contribution in [3.8, 4) is 5.75 Å².